The smallest absolute Gasteiger partial charge is 0.243 e. The standard InChI is InChI=1S/C14H24N2O2S/c1-4-12(2)16(3)19(17,18)14-9-7-13(8-10-14)6-5-11-15/h7-10,12H,4-6,11,15H2,1-3H3. The highest BCUT2D eigenvalue weighted by Crippen LogP contribution is 2.18. The lowest BCUT2D eigenvalue weighted by Crippen LogP contribution is -2.34. The number of nitrogens with two attached hydrogens (primary N) is 1. The molecule has 0 aliphatic heterocycles. The molecule has 5 heteroatoms. The van der Waals surface area contributed by atoms with Crippen molar-refractivity contribution < 1.29 is 8.42 Å². The Hall–Kier alpha value is -0.910. The third kappa shape index (κ3) is 4.03. The molecule has 0 saturated heterocycles. The molecule has 0 bridgehead atoms. The maximum atomic E-state index is 12.4. The van der Waals surface area contributed by atoms with Crippen LogP contribution in [0.5, 0.6) is 0 Å². The van der Waals surface area contributed by atoms with E-state index >= 15 is 0 Å². The molecule has 1 rings (SSSR count). The lowest BCUT2D eigenvalue weighted by Gasteiger charge is -2.23. The summed E-state index contributed by atoms with van der Waals surface area (Å²) in [5.41, 5.74) is 6.58. The fourth-order valence-electron chi connectivity index (χ4n) is 1.79. The molecule has 1 aromatic rings. The molecule has 0 radical (unpaired) electrons. The van der Waals surface area contributed by atoms with Crippen LogP contribution in [0.4, 0.5) is 0 Å². The monoisotopic (exact) mass is 284 g/mol. The van der Waals surface area contributed by atoms with E-state index in [1.165, 1.54) is 4.31 Å². The minimum atomic E-state index is -3.38. The van der Waals surface area contributed by atoms with Gasteiger partial charge in [-0.2, -0.15) is 4.31 Å². The number of nitrogens with zero attached hydrogens (tertiary/aromatic N) is 1. The molecule has 0 aliphatic carbocycles. The van der Waals surface area contributed by atoms with Crippen molar-refractivity contribution >= 4 is 10.0 Å². The van der Waals surface area contributed by atoms with Gasteiger partial charge < -0.3 is 5.73 Å². The Kier molecular flexibility index (Phi) is 5.97. The summed E-state index contributed by atoms with van der Waals surface area (Å²) in [6, 6.07) is 7.10. The number of hydrogen-bond acceptors (Lipinski definition) is 3. The van der Waals surface area contributed by atoms with Crippen LogP contribution in [-0.2, 0) is 16.4 Å². The molecule has 1 atom stereocenters. The molecule has 4 nitrogen and oxygen atoms in total. The molecule has 0 spiro atoms. The summed E-state index contributed by atoms with van der Waals surface area (Å²) in [6.07, 6.45) is 2.60. The molecule has 0 heterocycles. The van der Waals surface area contributed by atoms with E-state index in [0.717, 1.165) is 24.8 Å². The molecule has 1 aromatic carbocycles. The fraction of sp³-hybridized carbons (Fsp3) is 0.571. The summed E-state index contributed by atoms with van der Waals surface area (Å²) >= 11 is 0. The molecule has 0 aromatic heterocycles. The third-order valence-corrected chi connectivity index (χ3v) is 5.47. The minimum absolute atomic E-state index is 0.00177. The Morgan fingerprint density at radius 2 is 1.84 bits per heavy atom. The van der Waals surface area contributed by atoms with Gasteiger partial charge in [0.2, 0.25) is 10.0 Å². The zero-order chi connectivity index (χ0) is 14.5. The summed E-state index contributed by atoms with van der Waals surface area (Å²) < 4.78 is 26.2. The van der Waals surface area contributed by atoms with Crippen LogP contribution in [0.3, 0.4) is 0 Å². The average Bonchev–Trinajstić information content (AvgIpc) is 2.43. The van der Waals surface area contributed by atoms with E-state index in [-0.39, 0.29) is 6.04 Å². The van der Waals surface area contributed by atoms with Gasteiger partial charge in [0, 0.05) is 13.1 Å². The second kappa shape index (κ2) is 7.03. The van der Waals surface area contributed by atoms with Crippen molar-refractivity contribution in [2.45, 2.75) is 44.0 Å². The van der Waals surface area contributed by atoms with Gasteiger partial charge in [0.1, 0.15) is 0 Å². The van der Waals surface area contributed by atoms with Gasteiger partial charge in [0.05, 0.1) is 4.90 Å². The van der Waals surface area contributed by atoms with Gasteiger partial charge in [-0.3, -0.25) is 0 Å². The average molecular weight is 284 g/mol. The van der Waals surface area contributed by atoms with Crippen molar-refractivity contribution in [1.82, 2.24) is 4.31 Å². The highest BCUT2D eigenvalue weighted by atomic mass is 32.2. The second-order valence-electron chi connectivity index (χ2n) is 4.81. The maximum Gasteiger partial charge on any atom is 0.243 e. The topological polar surface area (TPSA) is 63.4 Å². The van der Waals surface area contributed by atoms with Crippen LogP contribution < -0.4 is 5.73 Å². The van der Waals surface area contributed by atoms with E-state index in [1.54, 1.807) is 19.2 Å². The van der Waals surface area contributed by atoms with Crippen LogP contribution in [0.2, 0.25) is 0 Å². The van der Waals surface area contributed by atoms with Crippen LogP contribution in [0.25, 0.3) is 0 Å². The Morgan fingerprint density at radius 3 is 2.32 bits per heavy atom. The Labute approximate surface area is 116 Å². The zero-order valence-corrected chi connectivity index (χ0v) is 12.8. The van der Waals surface area contributed by atoms with E-state index in [0.29, 0.717) is 11.4 Å². The molecule has 0 saturated carbocycles. The van der Waals surface area contributed by atoms with Crippen molar-refractivity contribution in [3.05, 3.63) is 29.8 Å². The third-order valence-electron chi connectivity index (χ3n) is 3.48. The van der Waals surface area contributed by atoms with E-state index in [4.69, 9.17) is 5.73 Å². The van der Waals surface area contributed by atoms with Crippen LogP contribution in [0.15, 0.2) is 29.2 Å². The Balaban J connectivity index is 2.90. The van der Waals surface area contributed by atoms with Gasteiger partial charge in [-0.1, -0.05) is 19.1 Å². The molecular weight excluding hydrogens is 260 g/mol. The summed E-state index contributed by atoms with van der Waals surface area (Å²) in [5.74, 6) is 0. The first kappa shape index (κ1) is 16.1. The summed E-state index contributed by atoms with van der Waals surface area (Å²) in [7, 11) is -1.75. The largest absolute Gasteiger partial charge is 0.330 e. The Morgan fingerprint density at radius 1 is 1.26 bits per heavy atom. The van der Waals surface area contributed by atoms with E-state index in [9.17, 15) is 8.42 Å². The van der Waals surface area contributed by atoms with Gasteiger partial charge in [0.25, 0.3) is 0 Å². The van der Waals surface area contributed by atoms with Crippen molar-refractivity contribution in [3.8, 4) is 0 Å². The van der Waals surface area contributed by atoms with Crippen molar-refractivity contribution in [2.24, 2.45) is 5.73 Å². The van der Waals surface area contributed by atoms with Crippen LogP contribution in [-0.4, -0.2) is 32.4 Å². The first-order chi connectivity index (χ1) is 8.93. The highest BCUT2D eigenvalue weighted by Gasteiger charge is 2.24. The van der Waals surface area contributed by atoms with E-state index < -0.39 is 10.0 Å². The molecule has 0 amide bonds. The lowest BCUT2D eigenvalue weighted by atomic mass is 10.1. The van der Waals surface area contributed by atoms with Gasteiger partial charge in [0.15, 0.2) is 0 Å². The number of sulfonamides is 1. The van der Waals surface area contributed by atoms with Gasteiger partial charge in [-0.05, 0) is 50.4 Å². The normalized spacial score (nSPS) is 13.7. The first-order valence-electron chi connectivity index (χ1n) is 6.70. The number of hydrogen-bond donors (Lipinski definition) is 1. The molecule has 0 aliphatic rings. The summed E-state index contributed by atoms with van der Waals surface area (Å²) in [6.45, 7) is 4.54. The van der Waals surface area contributed by atoms with E-state index in [2.05, 4.69) is 0 Å². The maximum absolute atomic E-state index is 12.4. The van der Waals surface area contributed by atoms with Crippen LogP contribution >= 0.6 is 0 Å². The molecule has 19 heavy (non-hydrogen) atoms. The highest BCUT2D eigenvalue weighted by molar-refractivity contribution is 7.89. The summed E-state index contributed by atoms with van der Waals surface area (Å²) in [5, 5.41) is 0. The van der Waals surface area contributed by atoms with E-state index in [1.807, 2.05) is 26.0 Å². The number of aryl methyl sites for hydroxylation is 1. The predicted molar refractivity (Wildman–Crippen MR) is 78.5 cm³/mol. The Bertz CT molecular complexity index is 483. The van der Waals surface area contributed by atoms with Crippen LogP contribution in [0.1, 0.15) is 32.3 Å². The number of rotatable bonds is 7. The first-order valence-corrected chi connectivity index (χ1v) is 8.14. The SMILES string of the molecule is CCC(C)N(C)S(=O)(=O)c1ccc(CCCN)cc1. The van der Waals surface area contributed by atoms with Crippen LogP contribution in [0, 0.1) is 0 Å². The van der Waals surface area contributed by atoms with Gasteiger partial charge >= 0.3 is 0 Å². The summed E-state index contributed by atoms with van der Waals surface area (Å²) in [4.78, 5) is 0.354. The quantitative estimate of drug-likeness (QED) is 0.833. The molecule has 1 unspecified atom stereocenters. The fourth-order valence-corrected chi connectivity index (χ4v) is 3.23. The zero-order valence-electron chi connectivity index (χ0n) is 12.0. The van der Waals surface area contributed by atoms with Gasteiger partial charge in [-0.25, -0.2) is 8.42 Å². The number of benzene rings is 1. The van der Waals surface area contributed by atoms with Crippen molar-refractivity contribution in [3.63, 3.8) is 0 Å². The molecule has 108 valence electrons. The predicted octanol–water partition coefficient (Wildman–Crippen LogP) is 2.00. The molecule has 2 N–H and O–H groups in total. The van der Waals surface area contributed by atoms with Crippen molar-refractivity contribution in [2.75, 3.05) is 13.6 Å². The molecule has 0 fully saturated rings. The van der Waals surface area contributed by atoms with Crippen molar-refractivity contribution in [1.29, 1.82) is 0 Å². The minimum Gasteiger partial charge on any atom is -0.330 e. The molecular formula is C14H24N2O2S. The lowest BCUT2D eigenvalue weighted by molar-refractivity contribution is 0.380. The second-order valence-corrected chi connectivity index (χ2v) is 6.81. The van der Waals surface area contributed by atoms with Gasteiger partial charge in [-0.15, -0.1) is 0 Å².